The van der Waals surface area contributed by atoms with Crippen LogP contribution in [0.4, 0.5) is 13.2 Å². The molecule has 0 fully saturated rings. The normalized spacial score (nSPS) is 11.4. The number of hydrogen-bond donors (Lipinski definition) is 0. The second-order valence-corrected chi connectivity index (χ2v) is 5.17. The summed E-state index contributed by atoms with van der Waals surface area (Å²) in [5, 5.41) is -0.781. The highest BCUT2D eigenvalue weighted by atomic mass is 35.5. The Balaban J connectivity index is 2.41. The van der Waals surface area contributed by atoms with Gasteiger partial charge in [-0.3, -0.25) is 4.79 Å². The Hall–Kier alpha value is -1.60. The van der Waals surface area contributed by atoms with E-state index in [1.807, 2.05) is 0 Å². The van der Waals surface area contributed by atoms with E-state index in [0.717, 1.165) is 6.20 Å². The van der Waals surface area contributed by atoms with Crippen LogP contribution in [-0.4, -0.2) is 17.9 Å². The maximum Gasteiger partial charge on any atom is 0.443 e. The van der Waals surface area contributed by atoms with Crippen LogP contribution in [0, 0.1) is 0 Å². The van der Waals surface area contributed by atoms with Crippen LogP contribution in [0.5, 0.6) is 5.75 Å². The average Bonchev–Trinajstić information content (AvgIpc) is 2.87. The first kappa shape index (κ1) is 14.8. The van der Waals surface area contributed by atoms with Crippen molar-refractivity contribution in [2.24, 2.45) is 0 Å². The largest absolute Gasteiger partial charge is 0.496 e. The maximum atomic E-state index is 12.5. The molecular weight excluding hydrogens is 315 g/mol. The first-order valence-electron chi connectivity index (χ1n) is 5.24. The number of carbonyl (C=O) groups excluding carboxylic acids is 1. The van der Waals surface area contributed by atoms with Crippen molar-refractivity contribution in [1.82, 2.24) is 4.98 Å². The predicted octanol–water partition coefficient (Wildman–Crippen LogP) is 4.05. The number of carbonyl (C=O) groups is 1. The van der Waals surface area contributed by atoms with E-state index in [2.05, 4.69) is 4.98 Å². The maximum absolute atomic E-state index is 12.5. The summed E-state index contributed by atoms with van der Waals surface area (Å²) in [4.78, 5) is 15.3. The number of hydrogen-bond acceptors (Lipinski definition) is 4. The van der Waals surface area contributed by atoms with Crippen LogP contribution >= 0.6 is 22.9 Å². The summed E-state index contributed by atoms with van der Waals surface area (Å²) in [6, 6.07) is 4.34. The van der Waals surface area contributed by atoms with Crippen molar-refractivity contribution in [2.75, 3.05) is 7.11 Å². The number of alkyl halides is 3. The molecule has 0 saturated heterocycles. The van der Waals surface area contributed by atoms with Crippen molar-refractivity contribution >= 4 is 28.7 Å². The first-order chi connectivity index (χ1) is 9.32. The summed E-state index contributed by atoms with van der Waals surface area (Å²) in [5.41, 5.74) is 0.0948. The van der Waals surface area contributed by atoms with Crippen molar-refractivity contribution in [3.8, 4) is 5.75 Å². The Labute approximate surface area is 121 Å². The van der Waals surface area contributed by atoms with E-state index in [1.165, 1.54) is 25.3 Å². The molecule has 0 atom stereocenters. The van der Waals surface area contributed by atoms with Gasteiger partial charge >= 0.3 is 6.18 Å². The molecule has 0 radical (unpaired) electrons. The summed E-state index contributed by atoms with van der Waals surface area (Å²) < 4.78 is 42.4. The second kappa shape index (κ2) is 5.41. The highest BCUT2D eigenvalue weighted by Gasteiger charge is 2.35. The molecule has 0 saturated carbocycles. The molecule has 1 heterocycles. The molecule has 1 aromatic carbocycles. The van der Waals surface area contributed by atoms with Crippen molar-refractivity contribution < 1.29 is 22.7 Å². The van der Waals surface area contributed by atoms with Gasteiger partial charge < -0.3 is 4.74 Å². The van der Waals surface area contributed by atoms with Gasteiger partial charge in [0.1, 0.15) is 5.75 Å². The standard InChI is InChI=1S/C12H7ClF3NO2S/c1-19-8-3-2-6(13)4-7(8)10(18)9-5-17-11(20-9)12(14,15)16/h2-5H,1H3. The zero-order valence-electron chi connectivity index (χ0n) is 9.99. The van der Waals surface area contributed by atoms with Gasteiger partial charge in [-0.1, -0.05) is 11.6 Å². The van der Waals surface area contributed by atoms with E-state index in [0.29, 0.717) is 0 Å². The fourth-order valence-electron chi connectivity index (χ4n) is 1.50. The van der Waals surface area contributed by atoms with Crippen LogP contribution in [0.3, 0.4) is 0 Å². The van der Waals surface area contributed by atoms with Crippen LogP contribution in [0.1, 0.15) is 20.2 Å². The highest BCUT2D eigenvalue weighted by molar-refractivity contribution is 7.14. The minimum atomic E-state index is -4.57. The zero-order valence-corrected chi connectivity index (χ0v) is 11.6. The summed E-state index contributed by atoms with van der Waals surface area (Å²) in [6.07, 6.45) is -3.67. The predicted molar refractivity (Wildman–Crippen MR) is 68.6 cm³/mol. The van der Waals surface area contributed by atoms with Gasteiger partial charge in [-0.2, -0.15) is 13.2 Å². The lowest BCUT2D eigenvalue weighted by Gasteiger charge is -2.06. The van der Waals surface area contributed by atoms with Crippen LogP contribution in [0.15, 0.2) is 24.4 Å². The summed E-state index contributed by atoms with van der Waals surface area (Å²) in [7, 11) is 1.35. The molecule has 3 nitrogen and oxygen atoms in total. The van der Waals surface area contributed by atoms with E-state index < -0.39 is 17.0 Å². The second-order valence-electron chi connectivity index (χ2n) is 3.70. The fraction of sp³-hybridized carbons (Fsp3) is 0.167. The van der Waals surface area contributed by atoms with E-state index in [-0.39, 0.29) is 32.5 Å². The fourth-order valence-corrected chi connectivity index (χ4v) is 2.41. The quantitative estimate of drug-likeness (QED) is 0.800. The summed E-state index contributed by atoms with van der Waals surface area (Å²) in [5.74, 6) is -0.376. The van der Waals surface area contributed by atoms with E-state index in [1.54, 1.807) is 0 Å². The number of halogens is 4. The van der Waals surface area contributed by atoms with Crippen LogP contribution in [0.2, 0.25) is 5.02 Å². The summed E-state index contributed by atoms with van der Waals surface area (Å²) in [6.45, 7) is 0. The molecule has 0 N–H and O–H groups in total. The Morgan fingerprint density at radius 3 is 2.65 bits per heavy atom. The SMILES string of the molecule is COc1ccc(Cl)cc1C(=O)c1cnc(C(F)(F)F)s1. The molecule has 0 spiro atoms. The van der Waals surface area contributed by atoms with Gasteiger partial charge in [-0.05, 0) is 18.2 Å². The van der Waals surface area contributed by atoms with Crippen LogP contribution < -0.4 is 4.74 Å². The smallest absolute Gasteiger partial charge is 0.443 e. The number of ether oxygens (including phenoxy) is 1. The molecule has 20 heavy (non-hydrogen) atoms. The molecule has 0 unspecified atom stereocenters. The van der Waals surface area contributed by atoms with E-state index in [9.17, 15) is 18.0 Å². The van der Waals surface area contributed by atoms with Crippen LogP contribution in [-0.2, 0) is 6.18 Å². The number of ketones is 1. The third-order valence-electron chi connectivity index (χ3n) is 2.38. The Morgan fingerprint density at radius 1 is 1.40 bits per heavy atom. The van der Waals surface area contributed by atoms with Crippen molar-refractivity contribution in [2.45, 2.75) is 6.18 Å². The molecule has 2 aromatic rings. The molecule has 0 bridgehead atoms. The topological polar surface area (TPSA) is 39.2 Å². The monoisotopic (exact) mass is 321 g/mol. The third-order valence-corrected chi connectivity index (χ3v) is 3.65. The lowest BCUT2D eigenvalue weighted by molar-refractivity contribution is -0.137. The number of methoxy groups -OCH3 is 1. The average molecular weight is 322 g/mol. The molecule has 0 amide bonds. The zero-order chi connectivity index (χ0) is 14.9. The Kier molecular flexibility index (Phi) is 4.01. The summed E-state index contributed by atoms with van der Waals surface area (Å²) >= 11 is 6.07. The molecule has 8 heteroatoms. The van der Waals surface area contributed by atoms with Gasteiger partial charge in [0.2, 0.25) is 5.78 Å². The third kappa shape index (κ3) is 2.94. The van der Waals surface area contributed by atoms with Gasteiger partial charge in [0.15, 0.2) is 5.01 Å². The number of nitrogens with zero attached hydrogens (tertiary/aromatic N) is 1. The number of rotatable bonds is 3. The molecule has 0 aliphatic carbocycles. The van der Waals surface area contributed by atoms with E-state index in [4.69, 9.17) is 16.3 Å². The Bertz CT molecular complexity index is 654. The lowest BCUT2D eigenvalue weighted by Crippen LogP contribution is -2.03. The molecular formula is C12H7ClF3NO2S. The minimum Gasteiger partial charge on any atom is -0.496 e. The first-order valence-corrected chi connectivity index (χ1v) is 6.43. The van der Waals surface area contributed by atoms with Crippen LogP contribution in [0.25, 0.3) is 0 Å². The van der Waals surface area contributed by atoms with Gasteiger partial charge in [0, 0.05) is 11.2 Å². The number of aromatic nitrogens is 1. The van der Waals surface area contributed by atoms with E-state index >= 15 is 0 Å². The van der Waals surface area contributed by atoms with Crippen molar-refractivity contribution in [1.29, 1.82) is 0 Å². The van der Waals surface area contributed by atoms with Gasteiger partial charge in [-0.15, -0.1) is 11.3 Å². The van der Waals surface area contributed by atoms with Crippen molar-refractivity contribution in [3.05, 3.63) is 44.9 Å². The minimum absolute atomic E-state index is 0.0948. The highest BCUT2D eigenvalue weighted by Crippen LogP contribution is 2.34. The van der Waals surface area contributed by atoms with Crippen molar-refractivity contribution in [3.63, 3.8) is 0 Å². The molecule has 106 valence electrons. The van der Waals surface area contributed by atoms with Gasteiger partial charge in [-0.25, -0.2) is 4.98 Å². The molecule has 0 aliphatic heterocycles. The molecule has 2 rings (SSSR count). The molecule has 0 aliphatic rings. The number of benzene rings is 1. The van der Waals surface area contributed by atoms with Gasteiger partial charge in [0.25, 0.3) is 0 Å². The van der Waals surface area contributed by atoms with Gasteiger partial charge in [0.05, 0.1) is 17.6 Å². The Morgan fingerprint density at radius 2 is 2.10 bits per heavy atom. The number of thiazole rings is 1. The lowest BCUT2D eigenvalue weighted by atomic mass is 10.1. The molecule has 1 aromatic heterocycles.